The molecule has 2 unspecified atom stereocenters. The van der Waals surface area contributed by atoms with Crippen molar-refractivity contribution in [3.05, 3.63) is 29.8 Å². The number of ether oxygens (including phenoxy) is 1. The van der Waals surface area contributed by atoms with Gasteiger partial charge in [-0.2, -0.15) is 17.5 Å². The first-order valence-electron chi connectivity index (χ1n) is 6.30. The van der Waals surface area contributed by atoms with Crippen molar-refractivity contribution in [1.29, 1.82) is 0 Å². The van der Waals surface area contributed by atoms with Crippen LogP contribution in [-0.4, -0.2) is 34.4 Å². The molecule has 0 aromatic heterocycles. The number of nitrogens with zero attached hydrogens (tertiary/aromatic N) is 1. The number of alkyl halides is 3. The monoisotopic (exact) mass is 323 g/mol. The van der Waals surface area contributed by atoms with Crippen molar-refractivity contribution in [3.8, 4) is 5.75 Å². The topological polar surface area (TPSA) is 38.8 Å². The Bertz CT molecular complexity index is 532. The molecular formula is C13H16F3NO3S. The van der Waals surface area contributed by atoms with Crippen molar-refractivity contribution in [1.82, 2.24) is 4.31 Å². The van der Waals surface area contributed by atoms with Crippen LogP contribution in [-0.2, 0) is 21.1 Å². The normalized spacial score (nSPS) is 27.3. The van der Waals surface area contributed by atoms with Crippen LogP contribution in [0.1, 0.15) is 19.4 Å². The Morgan fingerprint density at radius 3 is 2.29 bits per heavy atom. The molecule has 0 amide bonds. The van der Waals surface area contributed by atoms with Crippen LogP contribution in [0.5, 0.6) is 5.75 Å². The molecule has 8 heteroatoms. The van der Waals surface area contributed by atoms with Gasteiger partial charge in [-0.15, -0.1) is 0 Å². The van der Waals surface area contributed by atoms with Gasteiger partial charge >= 0.3 is 6.18 Å². The first kappa shape index (κ1) is 16.3. The molecule has 1 aliphatic rings. The van der Waals surface area contributed by atoms with E-state index in [1.165, 1.54) is 35.7 Å². The van der Waals surface area contributed by atoms with E-state index in [0.717, 1.165) is 0 Å². The Balaban J connectivity index is 2.47. The van der Waals surface area contributed by atoms with Crippen LogP contribution in [0.15, 0.2) is 24.3 Å². The molecule has 2 atom stereocenters. The van der Waals surface area contributed by atoms with E-state index in [1.807, 2.05) is 0 Å². The van der Waals surface area contributed by atoms with E-state index >= 15 is 0 Å². The van der Waals surface area contributed by atoms with Crippen molar-refractivity contribution < 1.29 is 26.3 Å². The smallest absolute Gasteiger partial charge is 0.424 e. The van der Waals surface area contributed by atoms with Gasteiger partial charge in [0.2, 0.25) is 16.9 Å². The minimum atomic E-state index is -4.68. The lowest BCUT2D eigenvalue weighted by Crippen LogP contribution is -2.46. The molecule has 1 fully saturated rings. The standard InChI is InChI=1S/C13H16F3NO3S/c1-9(2)17-8-12(13(14,15)16,20-21(17)18)10-4-6-11(19-3)7-5-10/h4-7,9H,8H2,1-3H3. The van der Waals surface area contributed by atoms with Crippen LogP contribution < -0.4 is 4.74 Å². The highest BCUT2D eigenvalue weighted by Crippen LogP contribution is 2.48. The van der Waals surface area contributed by atoms with E-state index in [9.17, 15) is 17.4 Å². The molecule has 118 valence electrons. The minimum absolute atomic E-state index is 0.0905. The van der Waals surface area contributed by atoms with E-state index in [1.54, 1.807) is 13.8 Å². The van der Waals surface area contributed by atoms with E-state index in [0.29, 0.717) is 5.75 Å². The lowest BCUT2D eigenvalue weighted by Gasteiger charge is -2.29. The minimum Gasteiger partial charge on any atom is -0.497 e. The average molecular weight is 323 g/mol. The average Bonchev–Trinajstić information content (AvgIpc) is 2.78. The van der Waals surface area contributed by atoms with Gasteiger partial charge in [0.25, 0.3) is 0 Å². The number of benzene rings is 1. The fourth-order valence-electron chi connectivity index (χ4n) is 2.12. The first-order valence-corrected chi connectivity index (χ1v) is 7.34. The second-order valence-corrected chi connectivity index (χ2v) is 6.09. The number of hydrogen-bond acceptors (Lipinski definition) is 3. The predicted octanol–water partition coefficient (Wildman–Crippen LogP) is 2.77. The zero-order valence-electron chi connectivity index (χ0n) is 11.8. The van der Waals surface area contributed by atoms with Crippen molar-refractivity contribution in [2.75, 3.05) is 13.7 Å². The molecule has 0 bridgehead atoms. The van der Waals surface area contributed by atoms with Gasteiger partial charge in [0.1, 0.15) is 5.75 Å². The lowest BCUT2D eigenvalue weighted by molar-refractivity contribution is -0.245. The molecule has 2 rings (SSSR count). The Morgan fingerprint density at radius 1 is 1.33 bits per heavy atom. The van der Waals surface area contributed by atoms with E-state index in [2.05, 4.69) is 0 Å². The number of halogens is 3. The summed E-state index contributed by atoms with van der Waals surface area (Å²) in [5, 5.41) is 0. The number of methoxy groups -OCH3 is 1. The van der Waals surface area contributed by atoms with Gasteiger partial charge in [-0.25, -0.2) is 4.21 Å². The van der Waals surface area contributed by atoms with Gasteiger partial charge in [0, 0.05) is 6.04 Å². The zero-order valence-corrected chi connectivity index (χ0v) is 12.6. The summed E-state index contributed by atoms with van der Waals surface area (Å²) in [6, 6.07) is 5.09. The maximum atomic E-state index is 13.6. The van der Waals surface area contributed by atoms with E-state index < -0.39 is 29.6 Å². The molecule has 0 N–H and O–H groups in total. The first-order chi connectivity index (χ1) is 9.71. The molecule has 4 nitrogen and oxygen atoms in total. The van der Waals surface area contributed by atoms with Gasteiger partial charge in [0.05, 0.1) is 13.7 Å². The quantitative estimate of drug-likeness (QED) is 0.858. The van der Waals surface area contributed by atoms with Gasteiger partial charge in [0.15, 0.2) is 0 Å². The summed E-state index contributed by atoms with van der Waals surface area (Å²) in [7, 11) is 1.43. The maximum Gasteiger partial charge on any atom is 0.424 e. The predicted molar refractivity (Wildman–Crippen MR) is 71.8 cm³/mol. The van der Waals surface area contributed by atoms with Gasteiger partial charge in [-0.05, 0) is 31.5 Å². The van der Waals surface area contributed by atoms with Gasteiger partial charge in [-0.3, -0.25) is 4.18 Å². The van der Waals surface area contributed by atoms with Crippen molar-refractivity contribution in [3.63, 3.8) is 0 Å². The fourth-order valence-corrected chi connectivity index (χ4v) is 3.34. The Morgan fingerprint density at radius 2 is 1.90 bits per heavy atom. The summed E-state index contributed by atoms with van der Waals surface area (Å²) in [5.74, 6) is 0.441. The van der Waals surface area contributed by atoms with Crippen molar-refractivity contribution in [2.24, 2.45) is 0 Å². The Kier molecular flexibility index (Phi) is 4.32. The van der Waals surface area contributed by atoms with Crippen molar-refractivity contribution in [2.45, 2.75) is 31.7 Å². The van der Waals surface area contributed by atoms with Crippen LogP contribution in [0, 0.1) is 0 Å². The summed E-state index contributed by atoms with van der Waals surface area (Å²) >= 11 is -2.13. The molecule has 0 radical (unpaired) electrons. The molecule has 0 spiro atoms. The Hall–Kier alpha value is -1.12. The molecule has 1 heterocycles. The number of rotatable bonds is 3. The van der Waals surface area contributed by atoms with Crippen LogP contribution in [0.25, 0.3) is 0 Å². The summed E-state index contributed by atoms with van der Waals surface area (Å²) < 4.78 is 63.6. The molecule has 1 saturated heterocycles. The molecule has 0 aliphatic carbocycles. The summed E-state index contributed by atoms with van der Waals surface area (Å²) in [4.78, 5) is 0. The molecule has 1 aliphatic heterocycles. The van der Waals surface area contributed by atoms with Crippen LogP contribution in [0.4, 0.5) is 13.2 Å². The van der Waals surface area contributed by atoms with Crippen LogP contribution in [0.2, 0.25) is 0 Å². The van der Waals surface area contributed by atoms with Gasteiger partial charge in [-0.1, -0.05) is 12.1 Å². The van der Waals surface area contributed by atoms with Crippen molar-refractivity contribution >= 4 is 11.3 Å². The molecule has 21 heavy (non-hydrogen) atoms. The van der Waals surface area contributed by atoms with Crippen LogP contribution in [0.3, 0.4) is 0 Å². The highest BCUT2D eigenvalue weighted by molar-refractivity contribution is 7.78. The molecule has 1 aromatic carbocycles. The second kappa shape index (κ2) is 5.58. The summed E-state index contributed by atoms with van der Waals surface area (Å²) in [6.07, 6.45) is -4.68. The maximum absolute atomic E-state index is 13.6. The SMILES string of the molecule is COc1ccc(C2(C(F)(F)F)CN(C(C)C)S(=O)O2)cc1. The zero-order chi connectivity index (χ0) is 15.8. The molecule has 0 saturated carbocycles. The third-order valence-electron chi connectivity index (χ3n) is 3.37. The fraction of sp³-hybridized carbons (Fsp3) is 0.538. The number of hydrogen-bond donors (Lipinski definition) is 0. The highest BCUT2D eigenvalue weighted by atomic mass is 32.2. The third-order valence-corrected chi connectivity index (χ3v) is 4.73. The van der Waals surface area contributed by atoms with Gasteiger partial charge < -0.3 is 4.74 Å². The molecule has 1 aromatic rings. The Labute approximate surface area is 123 Å². The van der Waals surface area contributed by atoms with E-state index in [-0.39, 0.29) is 11.6 Å². The highest BCUT2D eigenvalue weighted by Gasteiger charge is 2.64. The van der Waals surface area contributed by atoms with E-state index in [4.69, 9.17) is 8.92 Å². The van der Waals surface area contributed by atoms with Crippen LogP contribution >= 0.6 is 0 Å². The summed E-state index contributed by atoms with van der Waals surface area (Å²) in [6.45, 7) is 2.83. The second-order valence-electron chi connectivity index (χ2n) is 5.02. The molecular weight excluding hydrogens is 307 g/mol. The lowest BCUT2D eigenvalue weighted by atomic mass is 9.92. The third kappa shape index (κ3) is 2.79. The largest absolute Gasteiger partial charge is 0.497 e. The summed E-state index contributed by atoms with van der Waals surface area (Å²) in [5.41, 5.74) is -2.68.